The van der Waals surface area contributed by atoms with Gasteiger partial charge < -0.3 is 4.18 Å². The number of sulfone groups is 1. The maximum Gasteiger partial charge on any atom is 0.357 e. The molecule has 0 saturated heterocycles. The van der Waals surface area contributed by atoms with Crippen molar-refractivity contribution in [2.75, 3.05) is 6.26 Å². The average molecular weight is 236 g/mol. The Balaban J connectivity index is 2.95. The van der Waals surface area contributed by atoms with Gasteiger partial charge in [-0.05, 0) is 24.3 Å². The molecule has 0 aromatic heterocycles. The standard InChI is InChI=1S/C7H8O5S2/c1-14(10,11)7-4-2-6(3-5-7)12-13(8)9/h2-5H,1H3,(H,8,9). The summed E-state index contributed by atoms with van der Waals surface area (Å²) >= 11 is -2.39. The first-order chi connectivity index (χ1) is 6.39. The zero-order valence-corrected chi connectivity index (χ0v) is 8.84. The van der Waals surface area contributed by atoms with Gasteiger partial charge in [0.25, 0.3) is 0 Å². The van der Waals surface area contributed by atoms with E-state index >= 15 is 0 Å². The van der Waals surface area contributed by atoms with Crippen LogP contribution in [-0.4, -0.2) is 23.4 Å². The smallest absolute Gasteiger partial charge is 0.357 e. The van der Waals surface area contributed by atoms with Crippen molar-refractivity contribution >= 4 is 21.2 Å². The Morgan fingerprint density at radius 2 is 1.79 bits per heavy atom. The lowest BCUT2D eigenvalue weighted by atomic mass is 10.3. The monoisotopic (exact) mass is 236 g/mol. The van der Waals surface area contributed by atoms with Gasteiger partial charge in [0.05, 0.1) is 4.90 Å². The summed E-state index contributed by atoms with van der Waals surface area (Å²) in [6, 6.07) is 5.23. The highest BCUT2D eigenvalue weighted by Crippen LogP contribution is 2.16. The molecule has 1 aromatic carbocycles. The van der Waals surface area contributed by atoms with Crippen LogP contribution in [0.2, 0.25) is 0 Å². The topological polar surface area (TPSA) is 80.7 Å². The van der Waals surface area contributed by atoms with Crippen LogP contribution >= 0.6 is 0 Å². The third-order valence-electron chi connectivity index (χ3n) is 1.42. The van der Waals surface area contributed by atoms with Crippen LogP contribution in [0.15, 0.2) is 29.2 Å². The summed E-state index contributed by atoms with van der Waals surface area (Å²) in [7, 11) is -3.24. The quantitative estimate of drug-likeness (QED) is 0.777. The van der Waals surface area contributed by atoms with E-state index < -0.39 is 21.2 Å². The van der Waals surface area contributed by atoms with E-state index in [1.807, 2.05) is 0 Å². The molecule has 5 nitrogen and oxygen atoms in total. The Hall–Kier alpha value is -0.920. The fraction of sp³-hybridized carbons (Fsp3) is 0.143. The van der Waals surface area contributed by atoms with Gasteiger partial charge in [-0.2, -0.15) is 4.21 Å². The molecule has 0 spiro atoms. The lowest BCUT2D eigenvalue weighted by Crippen LogP contribution is -1.99. The summed E-state index contributed by atoms with van der Waals surface area (Å²) in [6.07, 6.45) is 1.08. The highest BCUT2D eigenvalue weighted by Gasteiger charge is 2.06. The second-order valence-electron chi connectivity index (χ2n) is 2.54. The maximum atomic E-state index is 11.0. The molecule has 1 atom stereocenters. The van der Waals surface area contributed by atoms with Gasteiger partial charge in [0.15, 0.2) is 9.84 Å². The Bertz CT molecular complexity index is 434. The van der Waals surface area contributed by atoms with Gasteiger partial charge in [-0.25, -0.2) is 8.42 Å². The molecule has 1 N–H and O–H groups in total. The van der Waals surface area contributed by atoms with Gasteiger partial charge in [-0.15, -0.1) is 0 Å². The molecule has 14 heavy (non-hydrogen) atoms. The molecule has 78 valence electrons. The Morgan fingerprint density at radius 3 is 2.14 bits per heavy atom. The van der Waals surface area contributed by atoms with Crippen molar-refractivity contribution in [2.45, 2.75) is 4.90 Å². The molecular formula is C7H8O5S2. The van der Waals surface area contributed by atoms with E-state index in [0.29, 0.717) is 0 Å². The molecule has 0 fully saturated rings. The molecule has 0 aliphatic heterocycles. The lowest BCUT2D eigenvalue weighted by Gasteiger charge is -2.00. The van der Waals surface area contributed by atoms with E-state index in [9.17, 15) is 12.6 Å². The van der Waals surface area contributed by atoms with E-state index in [4.69, 9.17) is 4.55 Å². The second kappa shape index (κ2) is 4.07. The zero-order chi connectivity index (χ0) is 10.8. The summed E-state index contributed by atoms with van der Waals surface area (Å²) in [6.45, 7) is 0. The first-order valence-electron chi connectivity index (χ1n) is 3.49. The molecule has 1 aromatic rings. The van der Waals surface area contributed by atoms with Gasteiger partial charge in [0, 0.05) is 6.26 Å². The van der Waals surface area contributed by atoms with Crippen LogP contribution in [0.5, 0.6) is 5.75 Å². The SMILES string of the molecule is CS(=O)(=O)c1ccc(OS(=O)O)cc1. The minimum Gasteiger partial charge on any atom is -0.380 e. The molecule has 0 bridgehead atoms. The van der Waals surface area contributed by atoms with Crippen LogP contribution in [0.1, 0.15) is 0 Å². The van der Waals surface area contributed by atoms with Crippen molar-refractivity contribution in [1.29, 1.82) is 0 Å². The van der Waals surface area contributed by atoms with E-state index in [1.54, 1.807) is 0 Å². The largest absolute Gasteiger partial charge is 0.380 e. The van der Waals surface area contributed by atoms with E-state index in [-0.39, 0.29) is 10.6 Å². The third-order valence-corrected chi connectivity index (χ3v) is 2.88. The molecule has 0 saturated carbocycles. The summed E-state index contributed by atoms with van der Waals surface area (Å²) < 4.78 is 45.0. The van der Waals surface area contributed by atoms with Gasteiger partial charge in [0.2, 0.25) is 0 Å². The third kappa shape index (κ3) is 3.09. The molecule has 1 unspecified atom stereocenters. The van der Waals surface area contributed by atoms with Crippen LogP contribution in [0, 0.1) is 0 Å². The van der Waals surface area contributed by atoms with E-state index in [2.05, 4.69) is 4.18 Å². The lowest BCUT2D eigenvalue weighted by molar-refractivity contribution is 0.458. The summed E-state index contributed by atoms with van der Waals surface area (Å²) in [5.41, 5.74) is 0. The molecule has 1 rings (SSSR count). The fourth-order valence-electron chi connectivity index (χ4n) is 0.825. The molecule has 0 heterocycles. The minimum absolute atomic E-state index is 0.133. The fourth-order valence-corrected chi connectivity index (χ4v) is 1.73. The van der Waals surface area contributed by atoms with Crippen molar-refractivity contribution in [2.24, 2.45) is 0 Å². The number of benzene rings is 1. The molecular weight excluding hydrogens is 228 g/mol. The minimum atomic E-state index is -3.24. The summed E-state index contributed by atoms with van der Waals surface area (Å²) in [5.74, 6) is 0.137. The summed E-state index contributed by atoms with van der Waals surface area (Å²) in [4.78, 5) is 0.133. The molecule has 0 amide bonds. The molecule has 0 radical (unpaired) electrons. The summed E-state index contributed by atoms with van der Waals surface area (Å²) in [5, 5.41) is 0. The van der Waals surface area contributed by atoms with Crippen LogP contribution in [0.3, 0.4) is 0 Å². The van der Waals surface area contributed by atoms with Crippen LogP contribution in [0.4, 0.5) is 0 Å². The number of hydrogen-bond donors (Lipinski definition) is 1. The van der Waals surface area contributed by atoms with Crippen LogP contribution in [0.25, 0.3) is 0 Å². The highest BCUT2D eigenvalue weighted by atomic mass is 32.2. The maximum absolute atomic E-state index is 11.0. The van der Waals surface area contributed by atoms with Gasteiger partial charge in [-0.3, -0.25) is 4.55 Å². The first kappa shape index (κ1) is 11.2. The van der Waals surface area contributed by atoms with E-state index in [0.717, 1.165) is 6.26 Å². The predicted octanol–water partition coefficient (Wildman–Crippen LogP) is 0.606. The van der Waals surface area contributed by atoms with Gasteiger partial charge in [0.1, 0.15) is 5.75 Å². The average Bonchev–Trinajstić information content (AvgIpc) is 2.02. The van der Waals surface area contributed by atoms with E-state index in [1.165, 1.54) is 24.3 Å². The van der Waals surface area contributed by atoms with Crippen molar-refractivity contribution < 1.29 is 21.4 Å². The van der Waals surface area contributed by atoms with Crippen LogP contribution in [-0.2, 0) is 21.2 Å². The highest BCUT2D eigenvalue weighted by molar-refractivity contribution is 7.90. The Labute approximate surface area is 84.1 Å². The molecule has 0 aliphatic rings. The number of hydrogen-bond acceptors (Lipinski definition) is 4. The molecule has 0 aliphatic carbocycles. The Kier molecular flexibility index (Phi) is 3.25. The van der Waals surface area contributed by atoms with Crippen molar-refractivity contribution in [3.63, 3.8) is 0 Å². The second-order valence-corrected chi connectivity index (χ2v) is 5.16. The van der Waals surface area contributed by atoms with Gasteiger partial charge in [-0.1, -0.05) is 0 Å². The molecule has 7 heteroatoms. The van der Waals surface area contributed by atoms with Crippen LogP contribution < -0.4 is 4.18 Å². The van der Waals surface area contributed by atoms with Crippen molar-refractivity contribution in [3.05, 3.63) is 24.3 Å². The number of rotatable bonds is 3. The van der Waals surface area contributed by atoms with Gasteiger partial charge >= 0.3 is 11.4 Å². The zero-order valence-electron chi connectivity index (χ0n) is 7.21. The Morgan fingerprint density at radius 1 is 1.29 bits per heavy atom. The van der Waals surface area contributed by atoms with Crippen molar-refractivity contribution in [3.8, 4) is 5.75 Å². The van der Waals surface area contributed by atoms with Crippen molar-refractivity contribution in [1.82, 2.24) is 0 Å². The normalized spacial score (nSPS) is 13.6. The predicted molar refractivity (Wildman–Crippen MR) is 51.0 cm³/mol. The first-order valence-corrected chi connectivity index (χ1v) is 6.41.